The summed E-state index contributed by atoms with van der Waals surface area (Å²) in [5.41, 5.74) is -0.0363. The number of nitrogens with one attached hydrogen (secondary N) is 1. The molecule has 0 bridgehead atoms. The van der Waals surface area contributed by atoms with Crippen molar-refractivity contribution in [2.75, 3.05) is 13.1 Å². The minimum atomic E-state index is -0.0363. The van der Waals surface area contributed by atoms with Crippen molar-refractivity contribution >= 4 is 11.6 Å². The summed E-state index contributed by atoms with van der Waals surface area (Å²) in [5.74, 6) is 0.594. The Kier molecular flexibility index (Phi) is 5.13. The molecule has 0 atom stereocenters. The second-order valence-corrected chi connectivity index (χ2v) is 4.89. The highest BCUT2D eigenvalue weighted by Crippen LogP contribution is 2.37. The lowest BCUT2D eigenvalue weighted by Gasteiger charge is -2.36. The first-order valence-corrected chi connectivity index (χ1v) is 6.36. The second kappa shape index (κ2) is 6.14. The first-order valence-electron chi connectivity index (χ1n) is 6.36. The van der Waals surface area contributed by atoms with Crippen molar-refractivity contribution in [2.24, 2.45) is 5.41 Å². The molecule has 0 unspecified atom stereocenters. The average Bonchev–Trinajstić information content (AvgIpc) is 2.29. The van der Waals surface area contributed by atoms with Gasteiger partial charge in [-0.25, -0.2) is 0 Å². The van der Waals surface area contributed by atoms with Gasteiger partial charge in [-0.15, -0.1) is 0 Å². The molecule has 16 heavy (non-hydrogen) atoms. The zero-order valence-corrected chi connectivity index (χ0v) is 10.5. The van der Waals surface area contributed by atoms with Gasteiger partial charge in [0, 0.05) is 25.7 Å². The van der Waals surface area contributed by atoms with Gasteiger partial charge in [0.25, 0.3) is 0 Å². The van der Waals surface area contributed by atoms with E-state index in [2.05, 4.69) is 5.32 Å². The highest BCUT2D eigenvalue weighted by Gasteiger charge is 2.35. The van der Waals surface area contributed by atoms with Crippen LogP contribution in [-0.4, -0.2) is 24.7 Å². The molecule has 0 saturated carbocycles. The predicted octanol–water partition coefficient (Wildman–Crippen LogP) is 2.09. The Morgan fingerprint density at radius 2 is 1.44 bits per heavy atom. The largest absolute Gasteiger partial charge is 0.317 e. The molecule has 0 aromatic carbocycles. The smallest absolute Gasteiger partial charge is 0.133 e. The predicted molar refractivity (Wildman–Crippen MR) is 64.4 cm³/mol. The van der Waals surface area contributed by atoms with E-state index in [4.69, 9.17) is 0 Å². The molecular formula is C13H23NO2. The summed E-state index contributed by atoms with van der Waals surface area (Å²) in [5, 5.41) is 3.30. The summed E-state index contributed by atoms with van der Waals surface area (Å²) in [6.45, 7) is 5.68. The zero-order chi connectivity index (χ0) is 12.0. The normalized spacial score (nSPS) is 19.4. The van der Waals surface area contributed by atoms with Crippen molar-refractivity contribution in [3.05, 3.63) is 0 Å². The van der Waals surface area contributed by atoms with Gasteiger partial charge in [-0.2, -0.15) is 0 Å². The highest BCUT2D eigenvalue weighted by molar-refractivity contribution is 5.82. The van der Waals surface area contributed by atoms with Crippen LogP contribution in [0.2, 0.25) is 0 Å². The fourth-order valence-electron chi connectivity index (χ4n) is 2.46. The van der Waals surface area contributed by atoms with Gasteiger partial charge in [-0.05, 0) is 31.3 Å². The van der Waals surface area contributed by atoms with Crippen LogP contribution in [0.1, 0.15) is 52.4 Å². The number of hydrogen-bond donors (Lipinski definition) is 1. The van der Waals surface area contributed by atoms with E-state index in [-0.39, 0.29) is 5.41 Å². The Labute approximate surface area is 98.0 Å². The summed E-state index contributed by atoms with van der Waals surface area (Å²) >= 11 is 0. The van der Waals surface area contributed by atoms with E-state index in [0.717, 1.165) is 25.9 Å². The lowest BCUT2D eigenvalue weighted by atomic mass is 9.71. The molecule has 0 radical (unpaired) electrons. The van der Waals surface area contributed by atoms with Gasteiger partial charge < -0.3 is 5.32 Å². The van der Waals surface area contributed by atoms with Crippen LogP contribution in [0, 0.1) is 5.41 Å². The maximum Gasteiger partial charge on any atom is 0.133 e. The van der Waals surface area contributed by atoms with Crippen LogP contribution in [0.25, 0.3) is 0 Å². The Hall–Kier alpha value is -0.700. The molecule has 3 heteroatoms. The summed E-state index contributed by atoms with van der Waals surface area (Å²) in [7, 11) is 0. The molecule has 92 valence electrons. The van der Waals surface area contributed by atoms with E-state index in [1.165, 1.54) is 0 Å². The van der Waals surface area contributed by atoms with Crippen LogP contribution < -0.4 is 5.32 Å². The SMILES string of the molecule is CCC(=O)CC1(CC(=O)CC)CCNCC1. The number of carbonyl (C=O) groups excluding carboxylic acids is 2. The number of piperidine rings is 1. The molecule has 1 fully saturated rings. The maximum absolute atomic E-state index is 11.6. The Morgan fingerprint density at radius 1 is 1.00 bits per heavy atom. The van der Waals surface area contributed by atoms with Crippen LogP contribution >= 0.6 is 0 Å². The first-order chi connectivity index (χ1) is 7.62. The molecule has 1 saturated heterocycles. The van der Waals surface area contributed by atoms with E-state index < -0.39 is 0 Å². The van der Waals surface area contributed by atoms with Crippen LogP contribution in [0.4, 0.5) is 0 Å². The Bertz CT molecular complexity index is 235. The van der Waals surface area contributed by atoms with E-state index in [9.17, 15) is 9.59 Å². The molecule has 1 rings (SSSR count). The van der Waals surface area contributed by atoms with Gasteiger partial charge >= 0.3 is 0 Å². The summed E-state index contributed by atoms with van der Waals surface area (Å²) in [6, 6.07) is 0. The van der Waals surface area contributed by atoms with Gasteiger partial charge in [0.2, 0.25) is 0 Å². The topological polar surface area (TPSA) is 46.2 Å². The number of rotatable bonds is 6. The van der Waals surface area contributed by atoms with Gasteiger partial charge in [-0.3, -0.25) is 9.59 Å². The molecule has 0 amide bonds. The minimum Gasteiger partial charge on any atom is -0.317 e. The number of Topliss-reactive ketones (excluding diaryl/α,β-unsaturated/α-hetero) is 2. The molecule has 0 aromatic rings. The van der Waals surface area contributed by atoms with E-state index in [1.807, 2.05) is 13.8 Å². The fraction of sp³-hybridized carbons (Fsp3) is 0.846. The fourth-order valence-corrected chi connectivity index (χ4v) is 2.46. The minimum absolute atomic E-state index is 0.0363. The highest BCUT2D eigenvalue weighted by atomic mass is 16.1. The molecular weight excluding hydrogens is 202 g/mol. The molecule has 1 heterocycles. The zero-order valence-electron chi connectivity index (χ0n) is 10.5. The summed E-state index contributed by atoms with van der Waals surface area (Å²) < 4.78 is 0. The van der Waals surface area contributed by atoms with Gasteiger partial charge in [-0.1, -0.05) is 13.8 Å². The number of hydrogen-bond acceptors (Lipinski definition) is 3. The lowest BCUT2D eigenvalue weighted by Crippen LogP contribution is -2.39. The van der Waals surface area contributed by atoms with Gasteiger partial charge in [0.1, 0.15) is 11.6 Å². The standard InChI is InChI=1S/C13H23NO2/c1-3-11(15)9-13(10-12(16)4-2)5-7-14-8-6-13/h14H,3-10H2,1-2H3. The van der Waals surface area contributed by atoms with Crippen molar-refractivity contribution < 1.29 is 9.59 Å². The molecule has 1 aliphatic heterocycles. The summed E-state index contributed by atoms with van der Waals surface area (Å²) in [4.78, 5) is 23.2. The van der Waals surface area contributed by atoms with Crippen molar-refractivity contribution in [1.82, 2.24) is 5.32 Å². The third kappa shape index (κ3) is 3.71. The quantitative estimate of drug-likeness (QED) is 0.753. The number of ketones is 2. The second-order valence-electron chi connectivity index (χ2n) is 4.89. The molecule has 3 nitrogen and oxygen atoms in total. The average molecular weight is 225 g/mol. The monoisotopic (exact) mass is 225 g/mol. The first kappa shape index (κ1) is 13.4. The third-order valence-corrected chi connectivity index (χ3v) is 3.60. The van der Waals surface area contributed by atoms with Crippen molar-refractivity contribution in [1.29, 1.82) is 0 Å². The molecule has 0 spiro atoms. The van der Waals surface area contributed by atoms with Crippen LogP contribution in [0.5, 0.6) is 0 Å². The molecule has 1 aliphatic rings. The molecule has 0 aliphatic carbocycles. The van der Waals surface area contributed by atoms with Crippen LogP contribution in [-0.2, 0) is 9.59 Å². The van der Waals surface area contributed by atoms with E-state index in [1.54, 1.807) is 0 Å². The van der Waals surface area contributed by atoms with Crippen LogP contribution in [0.3, 0.4) is 0 Å². The van der Waals surface area contributed by atoms with Gasteiger partial charge in [0.05, 0.1) is 0 Å². The van der Waals surface area contributed by atoms with Crippen molar-refractivity contribution in [3.63, 3.8) is 0 Å². The lowest BCUT2D eigenvalue weighted by molar-refractivity contribution is -0.125. The van der Waals surface area contributed by atoms with Crippen LogP contribution in [0.15, 0.2) is 0 Å². The van der Waals surface area contributed by atoms with Gasteiger partial charge in [0.15, 0.2) is 0 Å². The summed E-state index contributed by atoms with van der Waals surface area (Å²) in [6.07, 6.45) is 4.30. The molecule has 1 N–H and O–H groups in total. The molecule has 0 aromatic heterocycles. The van der Waals surface area contributed by atoms with E-state index >= 15 is 0 Å². The van der Waals surface area contributed by atoms with Crippen molar-refractivity contribution in [2.45, 2.75) is 52.4 Å². The van der Waals surface area contributed by atoms with Crippen molar-refractivity contribution in [3.8, 4) is 0 Å². The Balaban J connectivity index is 2.66. The third-order valence-electron chi connectivity index (χ3n) is 3.60. The number of carbonyl (C=O) groups is 2. The van der Waals surface area contributed by atoms with E-state index in [0.29, 0.717) is 37.2 Å². The maximum atomic E-state index is 11.6. The Morgan fingerprint density at radius 3 is 1.81 bits per heavy atom.